The first-order valence-electron chi connectivity index (χ1n) is 11.9. The molecular formula is C25H32N4O. The standard InChI is InChI=1S/C25H32N4O/c1-16-6-5-9-28(16)25-22(15-26-29(25)21-7-3-2-4-8-21)24(30)27-23-19-11-17-10-18(13-19)14-20(23)12-17/h2-4,7-8,15-20,23H,5-6,9-14H2,1H3,(H,27,30). The van der Waals surface area contributed by atoms with Gasteiger partial charge in [0.15, 0.2) is 0 Å². The number of anilines is 1. The Kier molecular flexibility index (Phi) is 4.39. The van der Waals surface area contributed by atoms with Crippen molar-refractivity contribution in [2.75, 3.05) is 11.4 Å². The highest BCUT2D eigenvalue weighted by Gasteiger charge is 2.48. The van der Waals surface area contributed by atoms with E-state index >= 15 is 0 Å². The lowest BCUT2D eigenvalue weighted by Crippen LogP contribution is -2.55. The Morgan fingerprint density at radius 2 is 1.73 bits per heavy atom. The molecule has 5 heteroatoms. The molecule has 4 bridgehead atoms. The van der Waals surface area contributed by atoms with Crippen LogP contribution in [0.25, 0.3) is 5.69 Å². The first-order chi connectivity index (χ1) is 14.7. The van der Waals surface area contributed by atoms with E-state index in [9.17, 15) is 4.79 Å². The van der Waals surface area contributed by atoms with Crippen molar-refractivity contribution in [3.63, 3.8) is 0 Å². The molecule has 5 fully saturated rings. The predicted molar refractivity (Wildman–Crippen MR) is 118 cm³/mol. The fraction of sp³-hybridized carbons (Fsp3) is 0.600. The van der Waals surface area contributed by atoms with Crippen molar-refractivity contribution in [1.29, 1.82) is 0 Å². The summed E-state index contributed by atoms with van der Waals surface area (Å²) in [7, 11) is 0. The van der Waals surface area contributed by atoms with Crippen LogP contribution in [-0.2, 0) is 0 Å². The van der Waals surface area contributed by atoms with E-state index in [4.69, 9.17) is 0 Å². The molecule has 0 spiro atoms. The van der Waals surface area contributed by atoms with Gasteiger partial charge in [0.2, 0.25) is 0 Å². The van der Waals surface area contributed by atoms with Crippen LogP contribution < -0.4 is 10.2 Å². The second-order valence-corrected chi connectivity index (χ2v) is 10.2. The van der Waals surface area contributed by atoms with Gasteiger partial charge in [-0.2, -0.15) is 5.10 Å². The smallest absolute Gasteiger partial charge is 0.256 e. The van der Waals surface area contributed by atoms with Crippen molar-refractivity contribution in [1.82, 2.24) is 15.1 Å². The lowest BCUT2D eigenvalue weighted by atomic mass is 9.54. The average Bonchev–Trinajstić information content (AvgIpc) is 3.36. The van der Waals surface area contributed by atoms with Gasteiger partial charge in [-0.3, -0.25) is 4.79 Å². The number of rotatable bonds is 4. The number of hydrogen-bond acceptors (Lipinski definition) is 3. The minimum atomic E-state index is 0.0729. The maximum atomic E-state index is 13.6. The fourth-order valence-corrected chi connectivity index (χ4v) is 7.17. The lowest BCUT2D eigenvalue weighted by molar-refractivity contribution is -0.0119. The average molecular weight is 405 g/mol. The molecule has 4 aliphatic carbocycles. The van der Waals surface area contributed by atoms with Crippen LogP contribution >= 0.6 is 0 Å². The molecule has 1 aromatic carbocycles. The van der Waals surface area contributed by atoms with Crippen LogP contribution in [0.2, 0.25) is 0 Å². The third-order valence-electron chi connectivity index (χ3n) is 8.34. The predicted octanol–water partition coefficient (Wildman–Crippen LogP) is 4.42. The fourth-order valence-electron chi connectivity index (χ4n) is 7.17. The van der Waals surface area contributed by atoms with E-state index in [0.717, 1.165) is 48.3 Å². The molecule has 5 nitrogen and oxygen atoms in total. The van der Waals surface area contributed by atoms with Crippen LogP contribution in [0.1, 0.15) is 62.2 Å². The van der Waals surface area contributed by atoms with Gasteiger partial charge in [0.25, 0.3) is 5.91 Å². The minimum absolute atomic E-state index is 0.0729. The zero-order valence-electron chi connectivity index (χ0n) is 17.8. The number of para-hydroxylation sites is 1. The molecular weight excluding hydrogens is 372 g/mol. The molecule has 5 aliphatic rings. The van der Waals surface area contributed by atoms with Crippen molar-refractivity contribution >= 4 is 11.7 Å². The van der Waals surface area contributed by atoms with E-state index in [0.29, 0.717) is 23.9 Å². The molecule has 0 radical (unpaired) electrons. The molecule has 1 amide bonds. The van der Waals surface area contributed by atoms with Crippen molar-refractivity contribution in [2.24, 2.45) is 23.7 Å². The summed E-state index contributed by atoms with van der Waals surface area (Å²) in [6.07, 6.45) is 10.8. The molecule has 1 aliphatic heterocycles. The number of hydrogen-bond donors (Lipinski definition) is 1. The molecule has 1 saturated heterocycles. The topological polar surface area (TPSA) is 50.2 Å². The summed E-state index contributed by atoms with van der Waals surface area (Å²) in [5, 5.41) is 8.19. The van der Waals surface area contributed by atoms with Gasteiger partial charge in [-0.05, 0) is 87.7 Å². The number of carbonyl (C=O) groups is 1. The number of aromatic nitrogens is 2. The van der Waals surface area contributed by atoms with E-state index in [1.165, 1.54) is 32.1 Å². The Labute approximate surface area is 178 Å². The van der Waals surface area contributed by atoms with Crippen LogP contribution in [0.5, 0.6) is 0 Å². The number of nitrogens with one attached hydrogen (secondary N) is 1. The zero-order chi connectivity index (χ0) is 20.2. The highest BCUT2D eigenvalue weighted by molar-refractivity contribution is 5.99. The Hall–Kier alpha value is -2.30. The molecule has 1 unspecified atom stereocenters. The third kappa shape index (κ3) is 2.97. The summed E-state index contributed by atoms with van der Waals surface area (Å²) in [6, 6.07) is 11.0. The first kappa shape index (κ1) is 18.5. The van der Waals surface area contributed by atoms with Gasteiger partial charge in [0.1, 0.15) is 11.4 Å². The molecule has 2 aromatic rings. The highest BCUT2D eigenvalue weighted by Crippen LogP contribution is 2.53. The van der Waals surface area contributed by atoms with Gasteiger partial charge in [0, 0.05) is 18.6 Å². The van der Waals surface area contributed by atoms with E-state index in [1.54, 1.807) is 6.20 Å². The maximum absolute atomic E-state index is 13.6. The van der Waals surface area contributed by atoms with E-state index < -0.39 is 0 Å². The number of nitrogens with zero attached hydrogens (tertiary/aromatic N) is 3. The highest BCUT2D eigenvalue weighted by atomic mass is 16.1. The molecule has 1 atom stereocenters. The van der Waals surface area contributed by atoms with Gasteiger partial charge in [-0.15, -0.1) is 0 Å². The summed E-state index contributed by atoms with van der Waals surface area (Å²) in [5.41, 5.74) is 1.75. The lowest BCUT2D eigenvalue weighted by Gasteiger charge is -2.54. The molecule has 4 saturated carbocycles. The Morgan fingerprint density at radius 1 is 1.03 bits per heavy atom. The van der Waals surface area contributed by atoms with Crippen LogP contribution in [0.15, 0.2) is 36.5 Å². The van der Waals surface area contributed by atoms with Crippen molar-refractivity contribution in [3.05, 3.63) is 42.1 Å². The summed E-state index contributed by atoms with van der Waals surface area (Å²) in [6.45, 7) is 3.24. The molecule has 7 rings (SSSR count). The molecule has 1 aromatic heterocycles. The van der Waals surface area contributed by atoms with Crippen molar-refractivity contribution in [2.45, 2.75) is 64.0 Å². The summed E-state index contributed by atoms with van der Waals surface area (Å²) in [4.78, 5) is 16.0. The van der Waals surface area contributed by atoms with Gasteiger partial charge >= 0.3 is 0 Å². The quantitative estimate of drug-likeness (QED) is 0.821. The monoisotopic (exact) mass is 404 g/mol. The van der Waals surface area contributed by atoms with E-state index in [-0.39, 0.29) is 5.91 Å². The van der Waals surface area contributed by atoms with Crippen LogP contribution in [0, 0.1) is 23.7 Å². The summed E-state index contributed by atoms with van der Waals surface area (Å²) < 4.78 is 1.97. The molecule has 1 N–H and O–H groups in total. The first-order valence-corrected chi connectivity index (χ1v) is 11.9. The summed E-state index contributed by atoms with van der Waals surface area (Å²) >= 11 is 0. The van der Waals surface area contributed by atoms with Gasteiger partial charge in [0.05, 0.1) is 11.9 Å². The van der Waals surface area contributed by atoms with Crippen molar-refractivity contribution < 1.29 is 4.79 Å². The second kappa shape index (κ2) is 7.14. The third-order valence-corrected chi connectivity index (χ3v) is 8.34. The normalized spacial score (nSPS) is 34.5. The van der Waals surface area contributed by atoms with Crippen LogP contribution in [0.4, 0.5) is 5.82 Å². The van der Waals surface area contributed by atoms with Gasteiger partial charge < -0.3 is 10.2 Å². The second-order valence-electron chi connectivity index (χ2n) is 10.2. The van der Waals surface area contributed by atoms with E-state index in [2.05, 4.69) is 34.4 Å². The number of benzene rings is 1. The Morgan fingerprint density at radius 3 is 2.37 bits per heavy atom. The molecule has 2 heterocycles. The molecule has 158 valence electrons. The van der Waals surface area contributed by atoms with Gasteiger partial charge in [-0.1, -0.05) is 18.2 Å². The van der Waals surface area contributed by atoms with Crippen LogP contribution in [-0.4, -0.2) is 34.3 Å². The molecule has 30 heavy (non-hydrogen) atoms. The zero-order valence-corrected chi connectivity index (χ0v) is 17.8. The number of amides is 1. The Bertz CT molecular complexity index is 908. The number of carbonyl (C=O) groups excluding carboxylic acids is 1. The Balaban J connectivity index is 1.32. The summed E-state index contributed by atoms with van der Waals surface area (Å²) in [5.74, 6) is 4.24. The maximum Gasteiger partial charge on any atom is 0.256 e. The van der Waals surface area contributed by atoms with E-state index in [1.807, 2.05) is 22.9 Å². The SMILES string of the molecule is CC1CCCN1c1c(C(=O)NC2C3CC4CC(C3)CC2C4)cnn1-c1ccccc1. The largest absolute Gasteiger partial charge is 0.353 e. The van der Waals surface area contributed by atoms with Gasteiger partial charge in [-0.25, -0.2) is 4.68 Å². The van der Waals surface area contributed by atoms with Crippen molar-refractivity contribution in [3.8, 4) is 5.69 Å². The van der Waals surface area contributed by atoms with Crippen LogP contribution in [0.3, 0.4) is 0 Å². The minimum Gasteiger partial charge on any atom is -0.353 e.